The summed E-state index contributed by atoms with van der Waals surface area (Å²) in [6.07, 6.45) is 4.73. The van der Waals surface area contributed by atoms with Gasteiger partial charge in [-0.2, -0.15) is 0 Å². The predicted octanol–water partition coefficient (Wildman–Crippen LogP) is 4.13. The van der Waals surface area contributed by atoms with Gasteiger partial charge in [0.05, 0.1) is 0 Å². The molecule has 24 heavy (non-hydrogen) atoms. The van der Waals surface area contributed by atoms with Crippen LogP contribution in [0.15, 0.2) is 53.4 Å². The molecule has 0 amide bonds. The third-order valence-corrected chi connectivity index (χ3v) is 3.86. The maximum absolute atomic E-state index is 13.1. The Kier molecular flexibility index (Phi) is 6.26. The SMILES string of the molecule is CSc1ccc(/C=C/C(=O)OCC(=O)c2ccc(F)c(F)c2)cc1. The molecule has 0 saturated carbocycles. The normalized spacial score (nSPS) is 10.8. The van der Waals surface area contributed by atoms with Gasteiger partial charge in [-0.3, -0.25) is 4.79 Å². The molecule has 2 aromatic rings. The number of hydrogen-bond donors (Lipinski definition) is 0. The van der Waals surface area contributed by atoms with E-state index < -0.39 is 30.0 Å². The van der Waals surface area contributed by atoms with Crippen molar-refractivity contribution in [2.45, 2.75) is 4.90 Å². The first kappa shape index (κ1) is 17.9. The second kappa shape index (κ2) is 8.40. The van der Waals surface area contributed by atoms with Gasteiger partial charge >= 0.3 is 5.97 Å². The van der Waals surface area contributed by atoms with Crippen LogP contribution in [0.1, 0.15) is 15.9 Å². The molecule has 0 saturated heterocycles. The number of carbonyl (C=O) groups is 2. The molecule has 0 aliphatic rings. The molecule has 0 heterocycles. The van der Waals surface area contributed by atoms with E-state index >= 15 is 0 Å². The molecule has 0 atom stereocenters. The van der Waals surface area contributed by atoms with Crippen molar-refractivity contribution in [1.29, 1.82) is 0 Å². The maximum Gasteiger partial charge on any atom is 0.331 e. The Morgan fingerprint density at radius 3 is 2.42 bits per heavy atom. The molecule has 0 unspecified atom stereocenters. The maximum atomic E-state index is 13.1. The van der Waals surface area contributed by atoms with E-state index in [1.54, 1.807) is 17.8 Å². The Balaban J connectivity index is 1.88. The van der Waals surface area contributed by atoms with Crippen LogP contribution in [0, 0.1) is 11.6 Å². The van der Waals surface area contributed by atoms with Crippen LogP contribution in [0.25, 0.3) is 6.08 Å². The fraction of sp³-hybridized carbons (Fsp3) is 0.111. The van der Waals surface area contributed by atoms with Crippen LogP contribution in [0.3, 0.4) is 0 Å². The summed E-state index contributed by atoms with van der Waals surface area (Å²) < 4.78 is 30.7. The first-order valence-electron chi connectivity index (χ1n) is 6.97. The standard InChI is InChI=1S/C18H14F2O3S/c1-24-14-6-2-12(3-7-14)4-9-18(22)23-11-17(21)13-5-8-15(19)16(20)10-13/h2-10H,11H2,1H3/b9-4+. The monoisotopic (exact) mass is 348 g/mol. The highest BCUT2D eigenvalue weighted by molar-refractivity contribution is 7.98. The largest absolute Gasteiger partial charge is 0.454 e. The van der Waals surface area contributed by atoms with E-state index in [0.717, 1.165) is 28.7 Å². The van der Waals surface area contributed by atoms with Crippen LogP contribution in [0.4, 0.5) is 8.78 Å². The second-order valence-electron chi connectivity index (χ2n) is 4.77. The summed E-state index contributed by atoms with van der Waals surface area (Å²) in [5, 5.41) is 0. The highest BCUT2D eigenvalue weighted by Crippen LogP contribution is 2.15. The van der Waals surface area contributed by atoms with Crippen molar-refractivity contribution in [2.24, 2.45) is 0 Å². The van der Waals surface area contributed by atoms with Gasteiger partial charge in [0.15, 0.2) is 24.0 Å². The molecule has 124 valence electrons. The zero-order valence-electron chi connectivity index (χ0n) is 12.8. The average molecular weight is 348 g/mol. The summed E-state index contributed by atoms with van der Waals surface area (Å²) in [6, 6.07) is 10.3. The Labute approximate surface area is 142 Å². The zero-order valence-corrected chi connectivity index (χ0v) is 13.6. The van der Waals surface area contributed by atoms with Crippen LogP contribution in [0.5, 0.6) is 0 Å². The molecular formula is C18H14F2O3S. The lowest BCUT2D eigenvalue weighted by molar-refractivity contribution is -0.136. The number of ether oxygens (including phenoxy) is 1. The summed E-state index contributed by atoms with van der Waals surface area (Å²) in [7, 11) is 0. The Morgan fingerprint density at radius 2 is 1.79 bits per heavy atom. The molecule has 2 rings (SSSR count). The minimum Gasteiger partial charge on any atom is -0.454 e. The minimum atomic E-state index is -1.12. The van der Waals surface area contributed by atoms with Crippen molar-refractivity contribution < 1.29 is 23.1 Å². The number of Topliss-reactive ketones (excluding diaryl/α,β-unsaturated/α-hetero) is 1. The molecule has 0 bridgehead atoms. The van der Waals surface area contributed by atoms with Crippen LogP contribution < -0.4 is 0 Å². The highest BCUT2D eigenvalue weighted by Gasteiger charge is 2.11. The number of esters is 1. The molecule has 3 nitrogen and oxygen atoms in total. The molecule has 0 aliphatic carbocycles. The van der Waals surface area contributed by atoms with Crippen molar-refractivity contribution in [1.82, 2.24) is 0 Å². The van der Waals surface area contributed by atoms with E-state index in [1.807, 2.05) is 30.5 Å². The van der Waals surface area contributed by atoms with Crippen molar-refractivity contribution in [2.75, 3.05) is 12.9 Å². The van der Waals surface area contributed by atoms with Crippen molar-refractivity contribution >= 4 is 29.6 Å². The van der Waals surface area contributed by atoms with Gasteiger partial charge in [-0.1, -0.05) is 12.1 Å². The molecule has 0 fully saturated rings. The number of ketones is 1. The smallest absolute Gasteiger partial charge is 0.331 e. The number of benzene rings is 2. The van der Waals surface area contributed by atoms with Crippen molar-refractivity contribution in [3.05, 3.63) is 71.3 Å². The first-order chi connectivity index (χ1) is 11.5. The van der Waals surface area contributed by atoms with Crippen LogP contribution in [-0.4, -0.2) is 24.6 Å². The summed E-state index contributed by atoms with van der Waals surface area (Å²) >= 11 is 1.61. The van der Waals surface area contributed by atoms with Gasteiger partial charge in [0.1, 0.15) is 0 Å². The topological polar surface area (TPSA) is 43.4 Å². The van der Waals surface area contributed by atoms with E-state index in [-0.39, 0.29) is 5.56 Å². The van der Waals surface area contributed by atoms with E-state index in [0.29, 0.717) is 0 Å². The quantitative estimate of drug-likeness (QED) is 0.341. The molecule has 2 aromatic carbocycles. The van der Waals surface area contributed by atoms with Crippen LogP contribution >= 0.6 is 11.8 Å². The minimum absolute atomic E-state index is 0.0571. The van der Waals surface area contributed by atoms with Crippen molar-refractivity contribution in [3.8, 4) is 0 Å². The van der Waals surface area contributed by atoms with Crippen molar-refractivity contribution in [3.63, 3.8) is 0 Å². The number of halogens is 2. The lowest BCUT2D eigenvalue weighted by atomic mass is 10.1. The number of thioether (sulfide) groups is 1. The Hall–Kier alpha value is -2.47. The third-order valence-electron chi connectivity index (χ3n) is 3.11. The van der Waals surface area contributed by atoms with Gasteiger partial charge < -0.3 is 4.74 Å². The number of hydrogen-bond acceptors (Lipinski definition) is 4. The van der Waals surface area contributed by atoms with Gasteiger partial charge in [0, 0.05) is 16.5 Å². The van der Waals surface area contributed by atoms with Crippen LogP contribution in [0.2, 0.25) is 0 Å². The molecular weight excluding hydrogens is 334 g/mol. The fourth-order valence-electron chi connectivity index (χ4n) is 1.82. The van der Waals surface area contributed by atoms with E-state index in [9.17, 15) is 18.4 Å². The van der Waals surface area contributed by atoms with Gasteiger partial charge in [-0.15, -0.1) is 11.8 Å². The highest BCUT2D eigenvalue weighted by atomic mass is 32.2. The first-order valence-corrected chi connectivity index (χ1v) is 8.19. The Bertz CT molecular complexity index is 770. The van der Waals surface area contributed by atoms with Gasteiger partial charge in [-0.05, 0) is 48.2 Å². The summed E-state index contributed by atoms with van der Waals surface area (Å²) in [4.78, 5) is 24.5. The van der Waals surface area contributed by atoms with Gasteiger partial charge in [-0.25, -0.2) is 13.6 Å². The molecule has 0 radical (unpaired) electrons. The average Bonchev–Trinajstić information content (AvgIpc) is 2.60. The van der Waals surface area contributed by atoms with E-state index in [4.69, 9.17) is 4.74 Å². The fourth-order valence-corrected chi connectivity index (χ4v) is 2.23. The molecule has 6 heteroatoms. The molecule has 0 spiro atoms. The third kappa shape index (κ3) is 5.03. The lowest BCUT2D eigenvalue weighted by Crippen LogP contribution is -2.13. The van der Waals surface area contributed by atoms with Gasteiger partial charge in [0.2, 0.25) is 0 Å². The zero-order chi connectivity index (χ0) is 17.5. The number of carbonyl (C=O) groups excluding carboxylic acids is 2. The van der Waals surface area contributed by atoms with Gasteiger partial charge in [0.25, 0.3) is 0 Å². The molecule has 0 N–H and O–H groups in total. The Morgan fingerprint density at radius 1 is 1.08 bits per heavy atom. The lowest BCUT2D eigenvalue weighted by Gasteiger charge is -2.02. The summed E-state index contributed by atoms with van der Waals surface area (Å²) in [5.74, 6) is -3.47. The van der Waals surface area contributed by atoms with E-state index in [2.05, 4.69) is 0 Å². The van der Waals surface area contributed by atoms with E-state index in [1.165, 1.54) is 6.08 Å². The van der Waals surface area contributed by atoms with Crippen LogP contribution in [-0.2, 0) is 9.53 Å². The summed E-state index contributed by atoms with van der Waals surface area (Å²) in [5.41, 5.74) is 0.759. The molecule has 0 aromatic heterocycles. The second-order valence-corrected chi connectivity index (χ2v) is 5.65. The predicted molar refractivity (Wildman–Crippen MR) is 88.9 cm³/mol. The molecule has 0 aliphatic heterocycles. The summed E-state index contributed by atoms with van der Waals surface area (Å²) in [6.45, 7) is -0.542. The number of rotatable bonds is 6.